The summed E-state index contributed by atoms with van der Waals surface area (Å²) in [7, 11) is 0. The molecule has 0 fully saturated rings. The molecular weight excluding hydrogens is 317 g/mol. The molecule has 0 aromatic heterocycles. The highest BCUT2D eigenvalue weighted by atomic mass is 79.9. The Bertz CT molecular complexity index is 449. The highest BCUT2D eigenvalue weighted by molar-refractivity contribution is 9.10. The Balaban J connectivity index is 2.83. The zero-order chi connectivity index (χ0) is 13.9. The molecular formula is C10H10BrF3N2O2. The Hall–Kier alpha value is -1.28. The number of nitrogens with one attached hydrogen (secondary N) is 1. The lowest BCUT2D eigenvalue weighted by atomic mass is 10.2. The smallest absolute Gasteiger partial charge is 0.405 e. The van der Waals surface area contributed by atoms with Crippen molar-refractivity contribution < 1.29 is 22.7 Å². The summed E-state index contributed by atoms with van der Waals surface area (Å²) in [5.74, 6) is -0.826. The van der Waals surface area contributed by atoms with Crippen LogP contribution >= 0.6 is 15.9 Å². The van der Waals surface area contributed by atoms with Gasteiger partial charge in [0.15, 0.2) is 0 Å². The van der Waals surface area contributed by atoms with E-state index in [4.69, 9.17) is 5.73 Å². The van der Waals surface area contributed by atoms with Gasteiger partial charge in [0.2, 0.25) is 5.91 Å². The Morgan fingerprint density at radius 2 is 2.11 bits per heavy atom. The van der Waals surface area contributed by atoms with E-state index in [1.54, 1.807) is 0 Å². The molecule has 0 spiro atoms. The maximum Gasteiger partial charge on any atom is 0.573 e. The van der Waals surface area contributed by atoms with Crippen molar-refractivity contribution in [2.24, 2.45) is 5.73 Å². The summed E-state index contributed by atoms with van der Waals surface area (Å²) in [6, 6.07) is 2.96. The molecule has 100 valence electrons. The van der Waals surface area contributed by atoms with Crippen molar-refractivity contribution in [2.45, 2.75) is 19.3 Å². The number of alkyl halides is 3. The Morgan fingerprint density at radius 1 is 1.50 bits per heavy atom. The number of amides is 1. The SMILES string of the molecule is C[C@@H](N)C(=O)Nc1ccc(OC(F)(F)F)c(Br)c1. The lowest BCUT2D eigenvalue weighted by molar-refractivity contribution is -0.274. The summed E-state index contributed by atoms with van der Waals surface area (Å²) < 4.78 is 39.9. The monoisotopic (exact) mass is 326 g/mol. The number of carbonyl (C=O) groups excluding carboxylic acids is 1. The highest BCUT2D eigenvalue weighted by Crippen LogP contribution is 2.32. The van der Waals surface area contributed by atoms with Crippen LogP contribution in [0.3, 0.4) is 0 Å². The number of carbonyl (C=O) groups is 1. The van der Waals surface area contributed by atoms with Gasteiger partial charge in [-0.15, -0.1) is 13.2 Å². The van der Waals surface area contributed by atoms with Gasteiger partial charge in [-0.25, -0.2) is 0 Å². The van der Waals surface area contributed by atoms with Crippen LogP contribution in [0.5, 0.6) is 5.75 Å². The van der Waals surface area contributed by atoms with Crippen LogP contribution in [-0.4, -0.2) is 18.3 Å². The third kappa shape index (κ3) is 4.53. The van der Waals surface area contributed by atoms with Gasteiger partial charge < -0.3 is 15.8 Å². The molecule has 1 aromatic rings. The first kappa shape index (κ1) is 14.8. The van der Waals surface area contributed by atoms with Crippen molar-refractivity contribution in [1.29, 1.82) is 0 Å². The quantitative estimate of drug-likeness (QED) is 0.897. The first-order chi connectivity index (χ1) is 8.19. The summed E-state index contributed by atoms with van der Waals surface area (Å²) in [4.78, 5) is 11.3. The van der Waals surface area contributed by atoms with E-state index >= 15 is 0 Å². The third-order valence-corrected chi connectivity index (χ3v) is 2.46. The van der Waals surface area contributed by atoms with E-state index in [2.05, 4.69) is 26.0 Å². The number of halogens is 4. The van der Waals surface area contributed by atoms with Crippen LogP contribution in [0, 0.1) is 0 Å². The summed E-state index contributed by atoms with van der Waals surface area (Å²) in [6.45, 7) is 1.49. The number of anilines is 1. The zero-order valence-electron chi connectivity index (χ0n) is 9.22. The highest BCUT2D eigenvalue weighted by Gasteiger charge is 2.31. The van der Waals surface area contributed by atoms with Gasteiger partial charge in [0.25, 0.3) is 0 Å². The predicted molar refractivity (Wildman–Crippen MR) is 63.1 cm³/mol. The number of rotatable bonds is 3. The van der Waals surface area contributed by atoms with Crippen molar-refractivity contribution in [2.75, 3.05) is 5.32 Å². The molecule has 1 aromatic carbocycles. The molecule has 0 bridgehead atoms. The minimum atomic E-state index is -4.76. The molecule has 1 atom stereocenters. The van der Waals surface area contributed by atoms with Crippen molar-refractivity contribution in [3.8, 4) is 5.75 Å². The van der Waals surface area contributed by atoms with Gasteiger partial charge in [0.05, 0.1) is 10.5 Å². The lowest BCUT2D eigenvalue weighted by Gasteiger charge is -2.12. The van der Waals surface area contributed by atoms with Crippen molar-refractivity contribution in [3.05, 3.63) is 22.7 Å². The van der Waals surface area contributed by atoms with E-state index < -0.39 is 18.3 Å². The van der Waals surface area contributed by atoms with E-state index in [0.29, 0.717) is 5.69 Å². The fraction of sp³-hybridized carbons (Fsp3) is 0.300. The minimum absolute atomic E-state index is 0.0716. The first-order valence-electron chi connectivity index (χ1n) is 4.81. The predicted octanol–water partition coefficient (Wildman–Crippen LogP) is 2.63. The number of hydrogen-bond acceptors (Lipinski definition) is 3. The molecule has 4 nitrogen and oxygen atoms in total. The van der Waals surface area contributed by atoms with E-state index in [-0.39, 0.29) is 10.2 Å². The van der Waals surface area contributed by atoms with Crippen molar-refractivity contribution >= 4 is 27.5 Å². The zero-order valence-corrected chi connectivity index (χ0v) is 10.8. The van der Waals surface area contributed by atoms with Gasteiger partial charge >= 0.3 is 6.36 Å². The van der Waals surface area contributed by atoms with Gasteiger partial charge in [-0.05, 0) is 41.1 Å². The largest absolute Gasteiger partial charge is 0.573 e. The Labute approximate surface area is 109 Å². The molecule has 3 N–H and O–H groups in total. The van der Waals surface area contributed by atoms with Crippen LogP contribution in [0.2, 0.25) is 0 Å². The van der Waals surface area contributed by atoms with Crippen LogP contribution in [-0.2, 0) is 4.79 Å². The molecule has 0 aliphatic carbocycles. The van der Waals surface area contributed by atoms with Crippen molar-refractivity contribution in [1.82, 2.24) is 0 Å². The summed E-state index contributed by atoms with van der Waals surface area (Å²) >= 11 is 2.92. The van der Waals surface area contributed by atoms with E-state index in [1.165, 1.54) is 19.1 Å². The summed E-state index contributed by atoms with van der Waals surface area (Å²) in [5.41, 5.74) is 5.66. The lowest BCUT2D eigenvalue weighted by Crippen LogP contribution is -2.32. The van der Waals surface area contributed by atoms with Gasteiger partial charge in [0.1, 0.15) is 5.75 Å². The average Bonchev–Trinajstić information content (AvgIpc) is 2.20. The van der Waals surface area contributed by atoms with E-state index in [1.807, 2.05) is 0 Å². The standard InChI is InChI=1S/C10H10BrF3N2O2/c1-5(15)9(17)16-6-2-3-8(7(11)4-6)18-10(12,13)14/h2-5H,15H2,1H3,(H,16,17)/t5-/m1/s1. The van der Waals surface area contributed by atoms with Crippen LogP contribution in [0.4, 0.5) is 18.9 Å². The fourth-order valence-corrected chi connectivity index (χ4v) is 1.50. The molecule has 8 heteroatoms. The molecule has 0 saturated heterocycles. The first-order valence-corrected chi connectivity index (χ1v) is 5.60. The molecule has 0 heterocycles. The topological polar surface area (TPSA) is 64.4 Å². The van der Waals surface area contributed by atoms with Crippen LogP contribution in [0.15, 0.2) is 22.7 Å². The fourth-order valence-electron chi connectivity index (χ4n) is 1.04. The van der Waals surface area contributed by atoms with Crippen LogP contribution in [0.25, 0.3) is 0 Å². The van der Waals surface area contributed by atoms with Gasteiger partial charge in [-0.1, -0.05) is 0 Å². The number of ether oxygens (including phenoxy) is 1. The average molecular weight is 327 g/mol. The van der Waals surface area contributed by atoms with Crippen LogP contribution < -0.4 is 15.8 Å². The second-order valence-corrected chi connectivity index (χ2v) is 4.33. The number of nitrogens with two attached hydrogens (primary N) is 1. The maximum atomic E-state index is 12.0. The molecule has 18 heavy (non-hydrogen) atoms. The minimum Gasteiger partial charge on any atom is -0.405 e. The number of benzene rings is 1. The number of hydrogen-bond donors (Lipinski definition) is 2. The molecule has 0 saturated carbocycles. The van der Waals surface area contributed by atoms with Crippen LogP contribution in [0.1, 0.15) is 6.92 Å². The van der Waals surface area contributed by atoms with Gasteiger partial charge in [-0.3, -0.25) is 4.79 Å². The van der Waals surface area contributed by atoms with E-state index in [0.717, 1.165) is 6.07 Å². The normalized spacial score (nSPS) is 13.0. The maximum absolute atomic E-state index is 12.0. The molecule has 0 aliphatic rings. The molecule has 0 radical (unpaired) electrons. The second kappa shape index (κ2) is 5.57. The van der Waals surface area contributed by atoms with Gasteiger partial charge in [0, 0.05) is 5.69 Å². The Kier molecular flexibility index (Phi) is 4.58. The van der Waals surface area contributed by atoms with Gasteiger partial charge in [-0.2, -0.15) is 0 Å². The summed E-state index contributed by atoms with van der Waals surface area (Å²) in [6.07, 6.45) is -4.76. The summed E-state index contributed by atoms with van der Waals surface area (Å²) in [5, 5.41) is 2.44. The second-order valence-electron chi connectivity index (χ2n) is 3.47. The Morgan fingerprint density at radius 3 is 2.56 bits per heavy atom. The molecule has 1 rings (SSSR count). The third-order valence-electron chi connectivity index (χ3n) is 1.84. The molecule has 0 aliphatic heterocycles. The molecule has 0 unspecified atom stereocenters. The van der Waals surface area contributed by atoms with Crippen molar-refractivity contribution in [3.63, 3.8) is 0 Å². The molecule has 1 amide bonds. The van der Waals surface area contributed by atoms with E-state index in [9.17, 15) is 18.0 Å².